The zero-order chi connectivity index (χ0) is 17.9. The fraction of sp³-hybridized carbons (Fsp3) is 0.522. The van der Waals surface area contributed by atoms with Gasteiger partial charge in [0.15, 0.2) is 0 Å². The number of rotatable bonds is 6. The second kappa shape index (κ2) is 7.70. The molecule has 1 heterocycles. The van der Waals surface area contributed by atoms with Gasteiger partial charge in [-0.3, -0.25) is 4.79 Å². The van der Waals surface area contributed by atoms with Gasteiger partial charge in [-0.25, -0.2) is 0 Å². The van der Waals surface area contributed by atoms with Gasteiger partial charge in [-0.15, -0.1) is 0 Å². The summed E-state index contributed by atoms with van der Waals surface area (Å²) >= 11 is 0. The summed E-state index contributed by atoms with van der Waals surface area (Å²) in [5.74, 6) is 0.660. The van der Waals surface area contributed by atoms with Crippen LogP contribution in [0.1, 0.15) is 52.0 Å². The largest absolute Gasteiger partial charge is 0.303 e. The number of nitrogens with zero attached hydrogens (tertiary/aromatic N) is 1. The molecule has 0 spiro atoms. The van der Waals surface area contributed by atoms with Crippen LogP contribution in [0, 0.1) is 5.92 Å². The minimum absolute atomic E-state index is 0.134. The van der Waals surface area contributed by atoms with Crippen LogP contribution in [0.25, 0.3) is 10.8 Å². The summed E-state index contributed by atoms with van der Waals surface area (Å²) < 4.78 is 0. The summed E-state index contributed by atoms with van der Waals surface area (Å²) in [5, 5.41) is 2.53. The second-order valence-electron chi connectivity index (χ2n) is 8.19. The van der Waals surface area contributed by atoms with Crippen LogP contribution >= 0.6 is 0 Å². The van der Waals surface area contributed by atoms with Crippen molar-refractivity contribution in [1.29, 1.82) is 0 Å². The molecule has 25 heavy (non-hydrogen) atoms. The van der Waals surface area contributed by atoms with Crippen LogP contribution in [0.5, 0.6) is 0 Å². The number of hydrogen-bond acceptors (Lipinski definition) is 2. The predicted molar refractivity (Wildman–Crippen MR) is 106 cm³/mol. The molecule has 1 fully saturated rings. The lowest BCUT2D eigenvalue weighted by atomic mass is 9.75. The van der Waals surface area contributed by atoms with Gasteiger partial charge < -0.3 is 4.90 Å². The van der Waals surface area contributed by atoms with E-state index >= 15 is 0 Å². The zero-order valence-electron chi connectivity index (χ0n) is 15.9. The molecule has 2 nitrogen and oxygen atoms in total. The number of benzene rings is 2. The molecule has 1 unspecified atom stereocenters. The minimum Gasteiger partial charge on any atom is -0.303 e. The Bertz CT molecular complexity index is 726. The Morgan fingerprint density at radius 2 is 1.92 bits per heavy atom. The van der Waals surface area contributed by atoms with E-state index in [1.807, 2.05) is 0 Å². The van der Waals surface area contributed by atoms with Crippen molar-refractivity contribution in [3.05, 3.63) is 48.0 Å². The number of fused-ring (bicyclic) bond motifs is 1. The number of carbonyl (C=O) groups excluding carboxylic acids is 1. The molecule has 1 aliphatic heterocycles. The molecule has 0 saturated carbocycles. The van der Waals surface area contributed by atoms with Crippen LogP contribution in [0.4, 0.5) is 0 Å². The van der Waals surface area contributed by atoms with Crippen molar-refractivity contribution < 1.29 is 4.79 Å². The van der Waals surface area contributed by atoms with Gasteiger partial charge in [0.1, 0.15) is 5.78 Å². The number of Topliss-reactive ketones (excluding diaryl/α,β-unsaturated/α-hetero) is 1. The average Bonchev–Trinajstić information content (AvgIpc) is 2.61. The number of piperidine rings is 1. The van der Waals surface area contributed by atoms with Gasteiger partial charge in [0, 0.05) is 18.9 Å². The Balaban J connectivity index is 1.77. The van der Waals surface area contributed by atoms with Gasteiger partial charge in [-0.05, 0) is 54.1 Å². The summed E-state index contributed by atoms with van der Waals surface area (Å²) in [4.78, 5) is 15.5. The number of hydrogen-bond donors (Lipinski definition) is 0. The van der Waals surface area contributed by atoms with E-state index in [-0.39, 0.29) is 11.3 Å². The van der Waals surface area contributed by atoms with Gasteiger partial charge in [-0.1, -0.05) is 63.2 Å². The lowest BCUT2D eigenvalue weighted by Gasteiger charge is -2.34. The first-order chi connectivity index (χ1) is 12.0. The second-order valence-corrected chi connectivity index (χ2v) is 8.19. The molecule has 0 aliphatic carbocycles. The van der Waals surface area contributed by atoms with Crippen LogP contribution in [-0.4, -0.2) is 30.3 Å². The van der Waals surface area contributed by atoms with E-state index in [1.165, 1.54) is 22.8 Å². The summed E-state index contributed by atoms with van der Waals surface area (Å²) in [6, 6.07) is 15.0. The van der Waals surface area contributed by atoms with Crippen molar-refractivity contribution >= 4 is 16.6 Å². The molecule has 0 N–H and O–H groups in total. The van der Waals surface area contributed by atoms with Crippen LogP contribution in [0.3, 0.4) is 0 Å². The van der Waals surface area contributed by atoms with Crippen molar-refractivity contribution in [2.24, 2.45) is 5.92 Å². The van der Waals surface area contributed by atoms with Crippen molar-refractivity contribution in [3.8, 4) is 0 Å². The molecule has 134 valence electrons. The highest BCUT2D eigenvalue weighted by atomic mass is 16.1. The average molecular weight is 338 g/mol. The molecule has 0 amide bonds. The third kappa shape index (κ3) is 4.12. The van der Waals surface area contributed by atoms with Crippen molar-refractivity contribution in [3.63, 3.8) is 0 Å². The van der Waals surface area contributed by atoms with E-state index in [4.69, 9.17) is 0 Å². The summed E-state index contributed by atoms with van der Waals surface area (Å²) in [5.41, 5.74) is 1.16. The fourth-order valence-corrected chi connectivity index (χ4v) is 4.33. The maximum atomic E-state index is 13.0. The van der Waals surface area contributed by atoms with E-state index in [2.05, 4.69) is 68.1 Å². The monoisotopic (exact) mass is 337 g/mol. The Kier molecular flexibility index (Phi) is 5.58. The first-order valence-corrected chi connectivity index (χ1v) is 9.74. The normalized spacial score (nSPS) is 19.2. The quantitative estimate of drug-likeness (QED) is 0.722. The molecular formula is C23H31NO. The first-order valence-electron chi connectivity index (χ1n) is 9.74. The van der Waals surface area contributed by atoms with Gasteiger partial charge in [0.05, 0.1) is 0 Å². The number of likely N-dealkylation sites (tertiary alicyclic amines) is 1. The molecule has 1 saturated heterocycles. The van der Waals surface area contributed by atoms with Crippen LogP contribution < -0.4 is 0 Å². The van der Waals surface area contributed by atoms with Crippen LogP contribution in [0.15, 0.2) is 42.5 Å². The van der Waals surface area contributed by atoms with E-state index in [9.17, 15) is 4.79 Å². The lowest BCUT2D eigenvalue weighted by Crippen LogP contribution is -2.40. The van der Waals surface area contributed by atoms with Gasteiger partial charge in [0.2, 0.25) is 0 Å². The van der Waals surface area contributed by atoms with Crippen LogP contribution in [0.2, 0.25) is 0 Å². The van der Waals surface area contributed by atoms with E-state index in [1.54, 1.807) is 0 Å². The highest BCUT2D eigenvalue weighted by Crippen LogP contribution is 2.34. The molecule has 1 atom stereocenters. The summed E-state index contributed by atoms with van der Waals surface area (Å²) in [6.45, 7) is 9.90. The SMILES string of the molecule is CCCN1CCCC(C(=O)CC(C)(C)c2cccc3ccccc23)C1. The minimum atomic E-state index is -0.134. The van der Waals surface area contributed by atoms with Gasteiger partial charge in [-0.2, -0.15) is 0 Å². The molecule has 0 radical (unpaired) electrons. The molecular weight excluding hydrogens is 306 g/mol. The highest BCUT2D eigenvalue weighted by Gasteiger charge is 2.31. The Hall–Kier alpha value is -1.67. The van der Waals surface area contributed by atoms with Gasteiger partial charge in [0.25, 0.3) is 0 Å². The molecule has 1 aliphatic rings. The third-order valence-electron chi connectivity index (χ3n) is 5.64. The van der Waals surface area contributed by atoms with Crippen molar-refractivity contribution in [2.45, 2.75) is 51.9 Å². The van der Waals surface area contributed by atoms with Crippen molar-refractivity contribution in [2.75, 3.05) is 19.6 Å². The summed E-state index contributed by atoms with van der Waals surface area (Å²) in [6.07, 6.45) is 4.02. The zero-order valence-corrected chi connectivity index (χ0v) is 15.9. The van der Waals surface area contributed by atoms with E-state index in [0.29, 0.717) is 12.2 Å². The molecule has 2 heteroatoms. The van der Waals surface area contributed by atoms with Gasteiger partial charge >= 0.3 is 0 Å². The molecule has 0 bridgehead atoms. The number of carbonyl (C=O) groups is 1. The summed E-state index contributed by atoms with van der Waals surface area (Å²) in [7, 11) is 0. The molecule has 2 aromatic rings. The lowest BCUT2D eigenvalue weighted by molar-refractivity contribution is -0.125. The highest BCUT2D eigenvalue weighted by molar-refractivity contribution is 5.88. The van der Waals surface area contributed by atoms with Crippen LogP contribution in [-0.2, 0) is 10.2 Å². The maximum Gasteiger partial charge on any atom is 0.138 e. The first kappa shape index (κ1) is 18.1. The Morgan fingerprint density at radius 3 is 2.72 bits per heavy atom. The number of ketones is 1. The van der Waals surface area contributed by atoms with E-state index < -0.39 is 0 Å². The molecule has 2 aromatic carbocycles. The third-order valence-corrected chi connectivity index (χ3v) is 5.64. The standard InChI is InChI=1S/C23H31NO/c1-4-14-24-15-8-11-19(17-24)22(25)16-23(2,3)21-13-7-10-18-9-5-6-12-20(18)21/h5-7,9-10,12-13,19H,4,8,11,14-17H2,1-3H3. The topological polar surface area (TPSA) is 20.3 Å². The Labute approximate surface area is 152 Å². The Morgan fingerprint density at radius 1 is 1.16 bits per heavy atom. The fourth-order valence-electron chi connectivity index (χ4n) is 4.33. The van der Waals surface area contributed by atoms with Crippen molar-refractivity contribution in [1.82, 2.24) is 4.90 Å². The smallest absolute Gasteiger partial charge is 0.138 e. The van der Waals surface area contributed by atoms with E-state index in [0.717, 1.165) is 32.5 Å². The molecule has 0 aromatic heterocycles. The molecule has 3 rings (SSSR count). The maximum absolute atomic E-state index is 13.0. The predicted octanol–water partition coefficient (Wildman–Crippen LogP) is 5.20.